The van der Waals surface area contributed by atoms with Crippen LogP contribution in [0.25, 0.3) is 0 Å². The highest BCUT2D eigenvalue weighted by atomic mass is 32.3. The number of aliphatic hydroxyl groups is 1. The summed E-state index contributed by atoms with van der Waals surface area (Å²) in [6.07, 6.45) is 40.7. The number of rotatable bonds is 36. The van der Waals surface area contributed by atoms with Gasteiger partial charge in [0.1, 0.15) is 13.1 Å². The van der Waals surface area contributed by atoms with Crippen molar-refractivity contribution in [3.05, 3.63) is 24.3 Å². The van der Waals surface area contributed by atoms with Gasteiger partial charge in [0.2, 0.25) is 16.7 Å². The fraction of sp³-hybridized carbons (Fsp3) is 0.895. The quantitative estimate of drug-likeness (QED) is 0.0127. The van der Waals surface area contributed by atoms with Crippen LogP contribution in [0.5, 0.6) is 0 Å². The smallest absolute Gasteiger partial charge is 0.245 e. The minimum atomic E-state index is -4.65. The number of allylic oxidation sites excluding steroid dienone is 4. The molecule has 0 amide bonds. The molecule has 2 N–H and O–H groups in total. The SMILES string of the molecule is CCCCCC/C=C\CCCCCCCCOC(C[NH+](C)CCO)OCCCCCCCC/C=C\CCCCCC.COOS(=O)(=O)[O-]. The van der Waals surface area contributed by atoms with Crippen LogP contribution in [0, 0.1) is 0 Å². The molecular weight excluding hydrogens is 630 g/mol. The zero-order chi connectivity index (χ0) is 35.8. The fourth-order valence-electron chi connectivity index (χ4n) is 5.25. The maximum absolute atomic E-state index is 9.33. The Labute approximate surface area is 297 Å². The third-order valence-corrected chi connectivity index (χ3v) is 8.43. The van der Waals surface area contributed by atoms with Crippen LogP contribution < -0.4 is 4.90 Å². The van der Waals surface area contributed by atoms with E-state index in [1.165, 1.54) is 146 Å². The Balaban J connectivity index is 0. The normalized spacial score (nSPS) is 12.7. The Hall–Kier alpha value is -0.850. The van der Waals surface area contributed by atoms with Crippen molar-refractivity contribution in [2.24, 2.45) is 0 Å². The van der Waals surface area contributed by atoms with Gasteiger partial charge in [-0.15, -0.1) is 4.33 Å². The summed E-state index contributed by atoms with van der Waals surface area (Å²) in [4.78, 5) is 4.77. The molecule has 0 bridgehead atoms. The second-order valence-electron chi connectivity index (χ2n) is 12.9. The van der Waals surface area contributed by atoms with E-state index in [0.29, 0.717) is 0 Å². The van der Waals surface area contributed by atoms with Gasteiger partial charge in [-0.25, -0.2) is 13.3 Å². The highest BCUT2D eigenvalue weighted by Crippen LogP contribution is 2.11. The Morgan fingerprint density at radius 3 is 1.29 bits per heavy atom. The van der Waals surface area contributed by atoms with Crippen molar-refractivity contribution in [1.29, 1.82) is 0 Å². The molecule has 288 valence electrons. The molecule has 1 unspecified atom stereocenters. The molecule has 0 heterocycles. The van der Waals surface area contributed by atoms with Gasteiger partial charge in [-0.05, 0) is 64.2 Å². The van der Waals surface area contributed by atoms with E-state index in [9.17, 15) is 18.1 Å². The Kier molecular flexibility index (Phi) is 41.6. The van der Waals surface area contributed by atoms with Crippen LogP contribution in [0.2, 0.25) is 0 Å². The summed E-state index contributed by atoms with van der Waals surface area (Å²) in [5, 5.41) is 9.27. The average molecular weight is 708 g/mol. The maximum atomic E-state index is 9.33. The standard InChI is InChI=1S/C37H73NO3.CH4O5S/c1-4-6-8-10-12-14-16-18-20-22-24-26-28-30-34-40-37(36-38(3)32-33-39)41-35-31-29-27-25-23-21-19-17-15-13-11-9-7-5-2;1-5-6-7(2,3)4/h14-17,37,39H,4-13,18-36H2,1-3H3;1H3,(H,2,3,4)/b16-14-,17-15-;. The predicted molar refractivity (Wildman–Crippen MR) is 198 cm³/mol. The zero-order valence-corrected chi connectivity index (χ0v) is 32.4. The minimum Gasteiger partial charge on any atom is -0.724 e. The largest absolute Gasteiger partial charge is 0.724 e. The molecule has 1 atom stereocenters. The van der Waals surface area contributed by atoms with E-state index in [4.69, 9.17) is 9.47 Å². The van der Waals surface area contributed by atoms with E-state index < -0.39 is 10.4 Å². The molecule has 0 aromatic carbocycles. The number of unbranched alkanes of at least 4 members (excludes halogenated alkanes) is 20. The lowest BCUT2D eigenvalue weighted by molar-refractivity contribution is -0.886. The molecule has 0 aromatic rings. The molecule has 0 aliphatic heterocycles. The highest BCUT2D eigenvalue weighted by molar-refractivity contribution is 7.80. The average Bonchev–Trinajstić information content (AvgIpc) is 3.04. The Morgan fingerprint density at radius 1 is 0.625 bits per heavy atom. The number of hydrogen-bond donors (Lipinski definition) is 2. The molecule has 0 saturated carbocycles. The van der Waals surface area contributed by atoms with E-state index in [-0.39, 0.29) is 12.9 Å². The van der Waals surface area contributed by atoms with Crippen LogP contribution >= 0.6 is 0 Å². The van der Waals surface area contributed by atoms with Gasteiger partial charge in [-0.2, -0.15) is 0 Å². The van der Waals surface area contributed by atoms with Gasteiger partial charge >= 0.3 is 0 Å². The summed E-state index contributed by atoms with van der Waals surface area (Å²) in [7, 11) is -1.61. The lowest BCUT2D eigenvalue weighted by Gasteiger charge is -2.22. The van der Waals surface area contributed by atoms with Gasteiger partial charge in [-0.1, -0.05) is 128 Å². The van der Waals surface area contributed by atoms with Crippen molar-refractivity contribution in [2.45, 2.75) is 174 Å². The molecule has 0 aromatic heterocycles. The Morgan fingerprint density at radius 2 is 0.979 bits per heavy atom. The van der Waals surface area contributed by atoms with E-state index in [2.05, 4.69) is 54.4 Å². The highest BCUT2D eigenvalue weighted by Gasteiger charge is 2.15. The molecule has 0 fully saturated rings. The van der Waals surface area contributed by atoms with Crippen molar-refractivity contribution < 1.29 is 41.7 Å². The number of ether oxygens (including phenoxy) is 2. The summed E-state index contributed by atoms with van der Waals surface area (Å²) in [6, 6.07) is 0. The second-order valence-corrected chi connectivity index (χ2v) is 13.9. The van der Waals surface area contributed by atoms with Crippen molar-refractivity contribution in [3.63, 3.8) is 0 Å². The first-order valence-corrected chi connectivity index (χ1v) is 20.8. The summed E-state index contributed by atoms with van der Waals surface area (Å²) in [5.74, 6) is 0. The number of likely N-dealkylation sites (N-methyl/N-ethyl adjacent to an activating group) is 1. The monoisotopic (exact) mass is 708 g/mol. The van der Waals surface area contributed by atoms with Gasteiger partial charge in [0.05, 0.1) is 20.8 Å². The lowest BCUT2D eigenvalue weighted by atomic mass is 10.1. The first kappa shape index (κ1) is 49.3. The lowest BCUT2D eigenvalue weighted by Crippen LogP contribution is -3.10. The van der Waals surface area contributed by atoms with Gasteiger partial charge in [0, 0.05) is 13.2 Å². The molecule has 0 radical (unpaired) electrons. The summed E-state index contributed by atoms with van der Waals surface area (Å²) in [5.41, 5.74) is 0. The van der Waals surface area contributed by atoms with Crippen molar-refractivity contribution in [1.82, 2.24) is 0 Å². The zero-order valence-electron chi connectivity index (χ0n) is 31.6. The van der Waals surface area contributed by atoms with E-state index in [1.54, 1.807) is 0 Å². The number of nitrogens with one attached hydrogen (secondary N) is 1. The van der Waals surface area contributed by atoms with Gasteiger partial charge in [0.15, 0.2) is 0 Å². The van der Waals surface area contributed by atoms with E-state index >= 15 is 0 Å². The summed E-state index contributed by atoms with van der Waals surface area (Å²) < 4.78 is 43.4. The predicted octanol–water partition coefficient (Wildman–Crippen LogP) is 8.39. The molecule has 9 nitrogen and oxygen atoms in total. The van der Waals surface area contributed by atoms with Crippen LogP contribution in [-0.4, -0.2) is 71.4 Å². The third kappa shape index (κ3) is 45.2. The van der Waals surface area contributed by atoms with Gasteiger partial charge in [-0.3, -0.25) is 0 Å². The fourth-order valence-corrected chi connectivity index (χ4v) is 5.42. The van der Waals surface area contributed by atoms with E-state index in [1.807, 2.05) is 0 Å². The molecule has 48 heavy (non-hydrogen) atoms. The molecular formula is C38H77NO8S. The van der Waals surface area contributed by atoms with Crippen molar-refractivity contribution >= 4 is 10.4 Å². The van der Waals surface area contributed by atoms with Crippen LogP contribution in [0.15, 0.2) is 24.3 Å². The van der Waals surface area contributed by atoms with Crippen LogP contribution in [0.3, 0.4) is 0 Å². The molecule has 0 aliphatic rings. The van der Waals surface area contributed by atoms with E-state index in [0.717, 1.165) is 46.3 Å². The summed E-state index contributed by atoms with van der Waals surface area (Å²) in [6.45, 7) is 7.87. The van der Waals surface area contributed by atoms with Crippen LogP contribution in [0.1, 0.15) is 168 Å². The number of hydrogen-bond acceptors (Lipinski definition) is 8. The van der Waals surface area contributed by atoms with Crippen molar-refractivity contribution in [2.75, 3.05) is 47.1 Å². The van der Waals surface area contributed by atoms with Crippen LogP contribution in [-0.2, 0) is 29.1 Å². The third-order valence-electron chi connectivity index (χ3n) is 8.12. The maximum Gasteiger partial charge on any atom is 0.245 e. The molecule has 0 spiro atoms. The second kappa shape index (κ2) is 40.6. The first-order valence-electron chi connectivity index (χ1n) is 19.4. The topological polar surface area (TPSA) is 119 Å². The summed E-state index contributed by atoms with van der Waals surface area (Å²) >= 11 is 0. The number of aliphatic hydroxyl groups excluding tert-OH is 1. The minimum absolute atomic E-state index is 0.149. The van der Waals surface area contributed by atoms with Crippen molar-refractivity contribution in [3.8, 4) is 0 Å². The molecule has 0 aliphatic carbocycles. The first-order chi connectivity index (χ1) is 23.3. The molecule has 0 saturated heterocycles. The molecule has 10 heteroatoms. The van der Waals surface area contributed by atoms with Crippen LogP contribution in [0.4, 0.5) is 0 Å². The number of quaternary nitrogens is 1. The van der Waals surface area contributed by atoms with Gasteiger partial charge < -0.3 is 24.0 Å². The van der Waals surface area contributed by atoms with Gasteiger partial charge in [0.25, 0.3) is 0 Å². The molecule has 0 rings (SSSR count). The Bertz CT molecular complexity index is 739.